The van der Waals surface area contributed by atoms with Gasteiger partial charge in [-0.1, -0.05) is 45.0 Å². The summed E-state index contributed by atoms with van der Waals surface area (Å²) in [6, 6.07) is 9.57. The largest absolute Gasteiger partial charge is 0.348 e. The van der Waals surface area contributed by atoms with Crippen LogP contribution in [0.15, 0.2) is 58.3 Å². The first-order valence-corrected chi connectivity index (χ1v) is 12.5. The molecule has 0 fully saturated rings. The maximum Gasteiger partial charge on any atom is 0.254 e. The van der Waals surface area contributed by atoms with E-state index in [1.807, 2.05) is 38.5 Å². The third-order valence-corrected chi connectivity index (χ3v) is 6.31. The summed E-state index contributed by atoms with van der Waals surface area (Å²) in [6.45, 7) is 6.91. The van der Waals surface area contributed by atoms with E-state index < -0.39 is 11.6 Å². The highest BCUT2D eigenvalue weighted by atomic mass is 19.2. The van der Waals surface area contributed by atoms with Crippen LogP contribution in [-0.4, -0.2) is 42.0 Å². The van der Waals surface area contributed by atoms with Gasteiger partial charge in [-0.05, 0) is 47.6 Å². The predicted octanol–water partition coefficient (Wildman–Crippen LogP) is 5.86. The van der Waals surface area contributed by atoms with Crippen LogP contribution in [0.5, 0.6) is 0 Å². The normalized spacial score (nSPS) is 15.6. The summed E-state index contributed by atoms with van der Waals surface area (Å²) < 4.78 is 29.2. The number of hydrogen-bond donors (Lipinski definition) is 1. The molecule has 2 aromatic carbocycles. The monoisotopic (exact) mass is 505 g/mol. The Bertz CT molecular complexity index is 1400. The lowest BCUT2D eigenvalue weighted by molar-refractivity contribution is 0.0951. The molecule has 1 aromatic heterocycles. The molecule has 8 heteroatoms. The number of allylic oxidation sites excluding steroid dienone is 2. The molecule has 0 radical (unpaired) electrons. The Labute approximate surface area is 216 Å². The van der Waals surface area contributed by atoms with Gasteiger partial charge in [-0.2, -0.15) is 5.10 Å². The smallest absolute Gasteiger partial charge is 0.254 e. The molecule has 3 aromatic rings. The summed E-state index contributed by atoms with van der Waals surface area (Å²) in [6.07, 6.45) is 6.83. The first-order chi connectivity index (χ1) is 17.6. The molecule has 1 unspecified atom stereocenters. The first-order valence-electron chi connectivity index (χ1n) is 12.5. The molecular formula is C29H33F2N5O. The van der Waals surface area contributed by atoms with Gasteiger partial charge in [0.2, 0.25) is 0 Å². The number of nitrogens with one attached hydrogen (secondary N) is 1. The average Bonchev–Trinajstić information content (AvgIpc) is 3.17. The lowest BCUT2D eigenvalue weighted by atomic mass is 10.0. The second-order valence-electron chi connectivity index (χ2n) is 9.98. The number of rotatable bonds is 8. The van der Waals surface area contributed by atoms with Gasteiger partial charge in [0.15, 0.2) is 11.6 Å². The molecular weight excluding hydrogens is 472 g/mol. The highest BCUT2D eigenvalue weighted by Gasteiger charge is 2.25. The third-order valence-electron chi connectivity index (χ3n) is 6.31. The Morgan fingerprint density at radius 3 is 2.68 bits per heavy atom. The van der Waals surface area contributed by atoms with Crippen LogP contribution in [0.3, 0.4) is 0 Å². The Kier molecular flexibility index (Phi) is 7.86. The van der Waals surface area contributed by atoms with Gasteiger partial charge in [0.25, 0.3) is 5.91 Å². The van der Waals surface area contributed by atoms with Crippen molar-refractivity contribution >= 4 is 29.2 Å². The van der Waals surface area contributed by atoms with E-state index >= 15 is 0 Å². The number of amides is 1. The third kappa shape index (κ3) is 5.96. The zero-order valence-corrected chi connectivity index (χ0v) is 21.9. The number of fused-ring (bicyclic) bond motifs is 1. The van der Waals surface area contributed by atoms with Crippen molar-refractivity contribution in [3.05, 3.63) is 82.2 Å². The standard InChI is InChI=1S/C29H33F2N5O/c1-18(2)28-27(29(37)33-15-20-7-9-24(30)25(31)13-20)23-8-6-21(16-34-35(4)5)14-26(23)36(28)17-22-12-19(3)10-11-32-22/h6-9,11-14,16,18-19H,10,15,17H2,1-5H3,(H,33,37). The minimum absolute atomic E-state index is 0.0425. The molecule has 0 bridgehead atoms. The molecule has 1 N–H and O–H groups in total. The number of halogens is 2. The average molecular weight is 506 g/mol. The van der Waals surface area contributed by atoms with Crippen molar-refractivity contribution in [2.75, 3.05) is 14.1 Å². The van der Waals surface area contributed by atoms with E-state index in [0.717, 1.165) is 46.4 Å². The molecule has 0 aliphatic carbocycles. The van der Waals surface area contributed by atoms with Crippen LogP contribution in [0, 0.1) is 17.6 Å². The molecule has 194 valence electrons. The molecule has 1 amide bonds. The number of hydrazone groups is 1. The highest BCUT2D eigenvalue weighted by Crippen LogP contribution is 2.33. The van der Waals surface area contributed by atoms with E-state index in [-0.39, 0.29) is 18.4 Å². The number of benzene rings is 2. The zero-order chi connectivity index (χ0) is 26.7. The topological polar surface area (TPSA) is 62.0 Å². The number of aromatic nitrogens is 1. The molecule has 1 aliphatic heterocycles. The van der Waals surface area contributed by atoms with Crippen molar-refractivity contribution < 1.29 is 13.6 Å². The highest BCUT2D eigenvalue weighted by molar-refractivity contribution is 6.09. The molecule has 6 nitrogen and oxygen atoms in total. The second kappa shape index (κ2) is 11.1. The van der Waals surface area contributed by atoms with Crippen molar-refractivity contribution in [3.63, 3.8) is 0 Å². The predicted molar refractivity (Wildman–Crippen MR) is 145 cm³/mol. The molecule has 4 rings (SSSR count). The molecule has 1 atom stereocenters. The van der Waals surface area contributed by atoms with E-state index in [1.165, 1.54) is 6.07 Å². The van der Waals surface area contributed by atoms with Crippen LogP contribution in [0.25, 0.3) is 10.9 Å². The molecule has 0 spiro atoms. The number of carbonyl (C=O) groups excluding carboxylic acids is 1. The van der Waals surface area contributed by atoms with Crippen LogP contribution >= 0.6 is 0 Å². The van der Waals surface area contributed by atoms with Gasteiger partial charge in [0, 0.05) is 37.9 Å². The van der Waals surface area contributed by atoms with Crippen LogP contribution in [0.4, 0.5) is 8.78 Å². The van der Waals surface area contributed by atoms with Crippen molar-refractivity contribution in [2.24, 2.45) is 16.0 Å². The van der Waals surface area contributed by atoms with Crippen molar-refractivity contribution in [1.82, 2.24) is 14.9 Å². The Balaban J connectivity index is 1.79. The van der Waals surface area contributed by atoms with Gasteiger partial charge < -0.3 is 14.9 Å². The Hall–Kier alpha value is -3.81. The number of nitrogens with zero attached hydrogens (tertiary/aromatic N) is 4. The SMILES string of the molecule is CC1C=C(Cn2c(C(C)C)c(C(=O)NCc3ccc(F)c(F)c3)c3ccc(C=NN(C)C)cc32)N=CC1. The van der Waals surface area contributed by atoms with Gasteiger partial charge >= 0.3 is 0 Å². The van der Waals surface area contributed by atoms with Crippen molar-refractivity contribution in [3.8, 4) is 0 Å². The lowest BCUT2D eigenvalue weighted by Crippen LogP contribution is -2.24. The fourth-order valence-electron chi connectivity index (χ4n) is 4.61. The van der Waals surface area contributed by atoms with E-state index in [2.05, 4.69) is 46.8 Å². The van der Waals surface area contributed by atoms with Gasteiger partial charge in [-0.3, -0.25) is 9.79 Å². The maximum atomic E-state index is 13.7. The molecule has 37 heavy (non-hydrogen) atoms. The summed E-state index contributed by atoms with van der Waals surface area (Å²) in [5.41, 5.74) is 4.75. The first kappa shape index (κ1) is 26.3. The Morgan fingerprint density at radius 1 is 1.22 bits per heavy atom. The minimum atomic E-state index is -0.936. The van der Waals surface area contributed by atoms with E-state index in [4.69, 9.17) is 0 Å². The van der Waals surface area contributed by atoms with Crippen LogP contribution in [0.2, 0.25) is 0 Å². The summed E-state index contributed by atoms with van der Waals surface area (Å²) >= 11 is 0. The molecule has 2 heterocycles. The Morgan fingerprint density at radius 2 is 2.00 bits per heavy atom. The fraction of sp³-hybridized carbons (Fsp3) is 0.345. The van der Waals surface area contributed by atoms with E-state index in [0.29, 0.717) is 23.6 Å². The summed E-state index contributed by atoms with van der Waals surface area (Å²) in [5, 5.41) is 9.82. The molecule has 0 saturated heterocycles. The minimum Gasteiger partial charge on any atom is -0.348 e. The van der Waals surface area contributed by atoms with E-state index in [9.17, 15) is 13.6 Å². The van der Waals surface area contributed by atoms with Crippen LogP contribution < -0.4 is 5.32 Å². The quantitative estimate of drug-likeness (QED) is 0.308. The zero-order valence-electron chi connectivity index (χ0n) is 21.9. The molecule has 1 aliphatic rings. The van der Waals surface area contributed by atoms with Crippen LogP contribution in [-0.2, 0) is 13.1 Å². The maximum absolute atomic E-state index is 13.7. The number of hydrogen-bond acceptors (Lipinski definition) is 4. The molecule has 0 saturated carbocycles. The van der Waals surface area contributed by atoms with Crippen molar-refractivity contribution in [1.29, 1.82) is 0 Å². The number of carbonyl (C=O) groups is 1. The van der Waals surface area contributed by atoms with Gasteiger partial charge in [-0.25, -0.2) is 8.78 Å². The van der Waals surface area contributed by atoms with E-state index in [1.54, 1.807) is 11.2 Å². The second-order valence-corrected chi connectivity index (χ2v) is 9.98. The summed E-state index contributed by atoms with van der Waals surface area (Å²) in [5.74, 6) is -1.67. The number of aliphatic imine (C=N–C) groups is 1. The van der Waals surface area contributed by atoms with Gasteiger partial charge in [-0.15, -0.1) is 0 Å². The summed E-state index contributed by atoms with van der Waals surface area (Å²) in [4.78, 5) is 18.2. The van der Waals surface area contributed by atoms with Crippen LogP contribution in [0.1, 0.15) is 60.3 Å². The lowest BCUT2D eigenvalue weighted by Gasteiger charge is -2.18. The van der Waals surface area contributed by atoms with Gasteiger partial charge in [0.1, 0.15) is 0 Å². The van der Waals surface area contributed by atoms with Gasteiger partial charge in [0.05, 0.1) is 29.5 Å². The van der Waals surface area contributed by atoms with Crippen molar-refractivity contribution in [2.45, 2.75) is 46.2 Å². The summed E-state index contributed by atoms with van der Waals surface area (Å²) in [7, 11) is 3.72. The fourth-order valence-corrected chi connectivity index (χ4v) is 4.61.